The van der Waals surface area contributed by atoms with Crippen molar-refractivity contribution in [2.45, 2.75) is 18.4 Å². The van der Waals surface area contributed by atoms with Crippen LogP contribution in [0.3, 0.4) is 0 Å². The van der Waals surface area contributed by atoms with Crippen LogP contribution in [-0.2, 0) is 18.8 Å². The molecule has 2 aliphatic heterocycles. The Morgan fingerprint density at radius 1 is 1.20 bits per heavy atom. The minimum atomic E-state index is -0.973. The van der Waals surface area contributed by atoms with E-state index in [9.17, 15) is 4.79 Å². The molecule has 2 fully saturated rings. The molecule has 116 valence electrons. The van der Waals surface area contributed by atoms with Gasteiger partial charge in [-0.3, -0.25) is 0 Å². The number of hydrogen-bond donors (Lipinski definition) is 1. The van der Waals surface area contributed by atoms with Crippen molar-refractivity contribution >= 4 is 18.2 Å². The number of piperidine rings is 1. The number of ether oxygens (including phenoxy) is 1. The first-order chi connectivity index (χ1) is 9.66. The Morgan fingerprint density at radius 3 is 2.45 bits per heavy atom. The zero-order valence-corrected chi connectivity index (χ0v) is 12.9. The average Bonchev–Trinajstić information content (AvgIpc) is 2.49. The smallest absolute Gasteiger partial charge is 0.341 e. The highest BCUT2D eigenvalue weighted by Gasteiger charge is 2.44. The van der Waals surface area contributed by atoms with E-state index < -0.39 is 5.60 Å². The van der Waals surface area contributed by atoms with Crippen molar-refractivity contribution in [1.82, 2.24) is 14.5 Å². The number of likely N-dealkylation sites (N-methyl/N-ethyl adjacent to an activating group) is 1. The Bertz CT molecular complexity index is 318. The fourth-order valence-corrected chi connectivity index (χ4v) is 2.88. The number of nitrogens with zero attached hydrogens (tertiary/aromatic N) is 2. The summed E-state index contributed by atoms with van der Waals surface area (Å²) in [7, 11) is 3.48. The molecule has 0 aromatic heterocycles. The normalized spacial score (nSPS) is 24.5. The number of piperazine rings is 1. The molecule has 0 unspecified atom stereocenters. The summed E-state index contributed by atoms with van der Waals surface area (Å²) in [5.41, 5.74) is -0.973. The van der Waals surface area contributed by atoms with Crippen LogP contribution in [0.25, 0.3) is 0 Å². The summed E-state index contributed by atoms with van der Waals surface area (Å²) in [5, 5.41) is 3.20. The molecule has 0 amide bonds. The van der Waals surface area contributed by atoms with Gasteiger partial charge >= 0.3 is 5.97 Å². The van der Waals surface area contributed by atoms with Crippen LogP contribution < -0.4 is 5.32 Å². The van der Waals surface area contributed by atoms with Crippen molar-refractivity contribution in [3.05, 3.63) is 0 Å². The molecule has 7 nitrogen and oxygen atoms in total. The number of nitrogens with one attached hydrogen (secondary N) is 1. The molecule has 2 heterocycles. The van der Waals surface area contributed by atoms with Gasteiger partial charge in [-0.05, 0) is 20.1 Å². The summed E-state index contributed by atoms with van der Waals surface area (Å²) in [4.78, 5) is 19.6. The van der Waals surface area contributed by atoms with Crippen molar-refractivity contribution in [2.24, 2.45) is 0 Å². The molecule has 0 spiro atoms. The van der Waals surface area contributed by atoms with Gasteiger partial charge in [0.15, 0.2) is 0 Å². The summed E-state index contributed by atoms with van der Waals surface area (Å²) < 4.78 is 12.2. The summed E-state index contributed by atoms with van der Waals surface area (Å²) in [5.74, 6) is -0.363. The summed E-state index contributed by atoms with van der Waals surface area (Å²) in [6, 6.07) is 0. The molecule has 0 atom stereocenters. The molecule has 2 rings (SSSR count). The summed E-state index contributed by atoms with van der Waals surface area (Å²) in [6.07, 6.45) is 1.12. The molecule has 2 aliphatic rings. The third kappa shape index (κ3) is 4.06. The maximum Gasteiger partial charge on any atom is 0.341 e. The fraction of sp³-hybridized carbons (Fsp3) is 0.917. The Kier molecular flexibility index (Phi) is 6.06. The number of carbonyl (C=O) groups is 1. The topological polar surface area (TPSA) is 63.3 Å². The van der Waals surface area contributed by atoms with Gasteiger partial charge in [0.2, 0.25) is 5.60 Å². The Hall–Kier alpha value is -0.380. The number of carbonyl (C=O) groups excluding carboxylic acids is 1. The number of rotatable bonds is 5. The lowest BCUT2D eigenvalue weighted by Gasteiger charge is -2.34. The van der Waals surface area contributed by atoms with Crippen LogP contribution in [0.4, 0.5) is 0 Å². The maximum atomic E-state index is 11.9. The Balaban J connectivity index is 1.78. The molecule has 0 radical (unpaired) electrons. The molecule has 8 heteroatoms. The molecule has 0 aliphatic carbocycles. The SMILES string of the molecule is COC(=O)C1(OOSN2CCN(C)CC2)CCNCC1. The van der Waals surface area contributed by atoms with E-state index in [4.69, 9.17) is 14.0 Å². The standard InChI is InChI=1S/C12H23N3O4S/c1-14-7-9-15(10-8-14)20-19-18-12(11(16)17-2)3-5-13-6-4-12/h13H,3-10H2,1-2H3. The van der Waals surface area contributed by atoms with Crippen LogP contribution in [0.2, 0.25) is 0 Å². The average molecular weight is 305 g/mol. The van der Waals surface area contributed by atoms with Crippen LogP contribution in [0.5, 0.6) is 0 Å². The van der Waals surface area contributed by atoms with Crippen LogP contribution in [-0.4, -0.2) is 74.2 Å². The van der Waals surface area contributed by atoms with E-state index in [-0.39, 0.29) is 5.97 Å². The van der Waals surface area contributed by atoms with Crippen LogP contribution in [0.1, 0.15) is 12.8 Å². The highest BCUT2D eigenvalue weighted by atomic mass is 32.2. The summed E-state index contributed by atoms with van der Waals surface area (Å²) >= 11 is 1.18. The van der Waals surface area contributed by atoms with Crippen molar-refractivity contribution in [1.29, 1.82) is 0 Å². The second-order valence-electron chi connectivity index (χ2n) is 5.19. The lowest BCUT2D eigenvalue weighted by molar-refractivity contribution is -0.287. The molecule has 1 N–H and O–H groups in total. The second-order valence-corrected chi connectivity index (χ2v) is 6.00. The zero-order chi connectivity index (χ0) is 14.4. The highest BCUT2D eigenvalue weighted by molar-refractivity contribution is 7.92. The van der Waals surface area contributed by atoms with Gasteiger partial charge in [0, 0.05) is 39.0 Å². The van der Waals surface area contributed by atoms with Gasteiger partial charge in [0.25, 0.3) is 0 Å². The second kappa shape index (κ2) is 7.58. The van der Waals surface area contributed by atoms with Gasteiger partial charge in [0.05, 0.1) is 7.11 Å². The van der Waals surface area contributed by atoms with E-state index >= 15 is 0 Å². The number of methoxy groups -OCH3 is 1. The fourth-order valence-electron chi connectivity index (χ4n) is 2.32. The zero-order valence-electron chi connectivity index (χ0n) is 12.1. The van der Waals surface area contributed by atoms with Crippen molar-refractivity contribution in [3.8, 4) is 0 Å². The van der Waals surface area contributed by atoms with Gasteiger partial charge in [-0.2, -0.15) is 0 Å². The third-order valence-electron chi connectivity index (χ3n) is 3.76. The van der Waals surface area contributed by atoms with Gasteiger partial charge in [0.1, 0.15) is 12.2 Å². The van der Waals surface area contributed by atoms with Crippen LogP contribution in [0.15, 0.2) is 0 Å². The Morgan fingerprint density at radius 2 is 1.85 bits per heavy atom. The first-order valence-corrected chi connectivity index (χ1v) is 7.61. The van der Waals surface area contributed by atoms with E-state index in [1.54, 1.807) is 0 Å². The van der Waals surface area contributed by atoms with Crippen molar-refractivity contribution in [3.63, 3.8) is 0 Å². The lowest BCUT2D eigenvalue weighted by Crippen LogP contribution is -2.50. The van der Waals surface area contributed by atoms with E-state index in [1.165, 1.54) is 19.3 Å². The van der Waals surface area contributed by atoms with E-state index in [0.717, 1.165) is 39.3 Å². The maximum absolute atomic E-state index is 11.9. The monoisotopic (exact) mass is 305 g/mol. The third-order valence-corrected chi connectivity index (χ3v) is 4.47. The first kappa shape index (κ1) is 16.0. The van der Waals surface area contributed by atoms with Crippen molar-refractivity contribution in [2.75, 3.05) is 53.4 Å². The lowest BCUT2D eigenvalue weighted by atomic mass is 9.93. The van der Waals surface area contributed by atoms with Gasteiger partial charge in [-0.1, -0.05) is 0 Å². The molecule has 2 saturated heterocycles. The highest BCUT2D eigenvalue weighted by Crippen LogP contribution is 2.28. The van der Waals surface area contributed by atoms with E-state index in [1.807, 2.05) is 0 Å². The van der Waals surface area contributed by atoms with Gasteiger partial charge in [-0.15, -0.1) is 4.33 Å². The predicted octanol–water partition coefficient (Wildman–Crippen LogP) is 0.0404. The van der Waals surface area contributed by atoms with E-state index in [2.05, 4.69) is 21.6 Å². The quantitative estimate of drug-likeness (QED) is 0.251. The van der Waals surface area contributed by atoms with Crippen LogP contribution in [0, 0.1) is 0 Å². The minimum absolute atomic E-state index is 0.363. The van der Waals surface area contributed by atoms with Gasteiger partial charge < -0.3 is 15.0 Å². The molecule has 0 bridgehead atoms. The molecule has 20 heavy (non-hydrogen) atoms. The predicted molar refractivity (Wildman–Crippen MR) is 75.7 cm³/mol. The van der Waals surface area contributed by atoms with Gasteiger partial charge in [-0.25, -0.2) is 14.0 Å². The molecular weight excluding hydrogens is 282 g/mol. The minimum Gasteiger partial charge on any atom is -0.467 e. The number of hydrogen-bond acceptors (Lipinski definition) is 8. The van der Waals surface area contributed by atoms with E-state index in [0.29, 0.717) is 12.8 Å². The molecule has 0 aromatic rings. The Labute approximate surface area is 124 Å². The van der Waals surface area contributed by atoms with Crippen LogP contribution >= 0.6 is 12.2 Å². The molecule has 0 aromatic carbocycles. The summed E-state index contributed by atoms with van der Waals surface area (Å²) in [6.45, 7) is 5.27. The molecule has 0 saturated carbocycles. The largest absolute Gasteiger partial charge is 0.467 e. The molecular formula is C12H23N3O4S. The first-order valence-electron chi connectivity index (χ1n) is 6.91. The van der Waals surface area contributed by atoms with Crippen molar-refractivity contribution < 1.29 is 18.8 Å². The number of esters is 1.